The monoisotopic (exact) mass is 444 g/mol. The molecule has 26 heavy (non-hydrogen) atoms. The highest BCUT2D eigenvalue weighted by molar-refractivity contribution is 9.11. The minimum atomic E-state index is 0.643. The van der Waals surface area contributed by atoms with Gasteiger partial charge in [0.25, 0.3) is 0 Å². The standard InChI is InChI=1S/C19H17BrN4S2/c1-2-3-10-22-19-24(16(13-25-19)17-8-9-18(20)26-17)23-12-15-6-4-14(11-21)5-7-15/h4-9,12-13H,2-3,10H2,1H3. The number of aromatic nitrogens is 1. The molecule has 7 heteroatoms. The Morgan fingerprint density at radius 1 is 1.23 bits per heavy atom. The normalized spacial score (nSPS) is 12.0. The maximum Gasteiger partial charge on any atom is 0.206 e. The second kappa shape index (κ2) is 9.08. The van der Waals surface area contributed by atoms with Crippen LogP contribution in [0.3, 0.4) is 0 Å². The molecule has 3 rings (SSSR count). The Morgan fingerprint density at radius 2 is 2.04 bits per heavy atom. The van der Waals surface area contributed by atoms with Crippen LogP contribution in [0.5, 0.6) is 0 Å². The van der Waals surface area contributed by atoms with Crippen molar-refractivity contribution in [1.82, 2.24) is 4.68 Å². The smallest absolute Gasteiger partial charge is 0.206 e. The lowest BCUT2D eigenvalue weighted by molar-refractivity contribution is 0.764. The molecule has 2 aromatic heterocycles. The van der Waals surface area contributed by atoms with E-state index in [1.54, 1.807) is 41.0 Å². The van der Waals surface area contributed by atoms with E-state index in [1.165, 1.54) is 0 Å². The molecule has 0 spiro atoms. The molecule has 132 valence electrons. The van der Waals surface area contributed by atoms with E-state index in [0.29, 0.717) is 5.56 Å². The molecule has 3 aromatic rings. The lowest BCUT2D eigenvalue weighted by Gasteiger charge is -2.01. The van der Waals surface area contributed by atoms with Gasteiger partial charge in [-0.15, -0.1) is 22.7 Å². The summed E-state index contributed by atoms with van der Waals surface area (Å²) in [4.78, 5) is 6.74. The number of hydrogen-bond acceptors (Lipinski definition) is 5. The number of rotatable bonds is 6. The van der Waals surface area contributed by atoms with Crippen LogP contribution in [0.25, 0.3) is 10.6 Å². The first-order chi connectivity index (χ1) is 12.7. The maximum atomic E-state index is 8.91. The second-order valence-electron chi connectivity index (χ2n) is 5.53. The average molecular weight is 445 g/mol. The van der Waals surface area contributed by atoms with Crippen LogP contribution in [0.4, 0.5) is 0 Å². The SMILES string of the molecule is CCCCN=c1scc(-c2ccc(Br)s2)n1N=Cc1ccc(C#N)cc1. The van der Waals surface area contributed by atoms with Crippen molar-refractivity contribution in [3.63, 3.8) is 0 Å². The van der Waals surface area contributed by atoms with Crippen molar-refractivity contribution in [3.05, 3.63) is 61.5 Å². The Kier molecular flexibility index (Phi) is 6.56. The minimum absolute atomic E-state index is 0.643. The van der Waals surface area contributed by atoms with Crippen molar-refractivity contribution in [3.8, 4) is 16.6 Å². The van der Waals surface area contributed by atoms with Gasteiger partial charge in [-0.2, -0.15) is 10.4 Å². The van der Waals surface area contributed by atoms with Crippen molar-refractivity contribution in [2.24, 2.45) is 10.1 Å². The Balaban J connectivity index is 1.98. The number of halogens is 1. The topological polar surface area (TPSA) is 53.4 Å². The fraction of sp³-hybridized carbons (Fsp3) is 0.211. The van der Waals surface area contributed by atoms with Gasteiger partial charge in [-0.05, 0) is 52.2 Å². The van der Waals surface area contributed by atoms with E-state index >= 15 is 0 Å². The molecule has 0 aliphatic heterocycles. The highest BCUT2D eigenvalue weighted by atomic mass is 79.9. The molecular weight excluding hydrogens is 428 g/mol. The Labute approximate surface area is 168 Å². The minimum Gasteiger partial charge on any atom is -0.257 e. The van der Waals surface area contributed by atoms with Crippen molar-refractivity contribution < 1.29 is 0 Å². The molecule has 0 saturated heterocycles. The van der Waals surface area contributed by atoms with Gasteiger partial charge in [0.05, 0.1) is 32.2 Å². The highest BCUT2D eigenvalue weighted by Crippen LogP contribution is 2.31. The quantitative estimate of drug-likeness (QED) is 0.365. The summed E-state index contributed by atoms with van der Waals surface area (Å²) in [5.74, 6) is 0. The Hall–Kier alpha value is -2.01. The number of benzene rings is 1. The van der Waals surface area contributed by atoms with Gasteiger partial charge < -0.3 is 0 Å². The van der Waals surface area contributed by atoms with Crippen LogP contribution in [0.1, 0.15) is 30.9 Å². The first-order valence-corrected chi connectivity index (χ1v) is 10.7. The van der Waals surface area contributed by atoms with Gasteiger partial charge in [0.15, 0.2) is 0 Å². The molecule has 0 atom stereocenters. The summed E-state index contributed by atoms with van der Waals surface area (Å²) in [5, 5.41) is 15.7. The molecule has 0 unspecified atom stereocenters. The van der Waals surface area contributed by atoms with Crippen LogP contribution in [-0.2, 0) is 0 Å². The largest absolute Gasteiger partial charge is 0.257 e. The highest BCUT2D eigenvalue weighted by Gasteiger charge is 2.09. The summed E-state index contributed by atoms with van der Waals surface area (Å²) in [6, 6.07) is 13.6. The third-order valence-corrected chi connectivity index (χ3v) is 6.13. The molecule has 0 amide bonds. The van der Waals surface area contributed by atoms with Crippen molar-refractivity contribution in [2.75, 3.05) is 6.54 Å². The predicted molar refractivity (Wildman–Crippen MR) is 113 cm³/mol. The number of thiazole rings is 1. The molecule has 0 aliphatic rings. The van der Waals surface area contributed by atoms with Gasteiger partial charge >= 0.3 is 0 Å². The molecule has 0 aliphatic carbocycles. The molecule has 4 nitrogen and oxygen atoms in total. The van der Waals surface area contributed by atoms with Crippen molar-refractivity contribution in [2.45, 2.75) is 19.8 Å². The molecule has 0 radical (unpaired) electrons. The molecule has 0 N–H and O–H groups in total. The number of unbranched alkanes of at least 4 members (excludes halogenated alkanes) is 1. The third kappa shape index (κ3) is 4.58. The molecule has 0 bridgehead atoms. The zero-order chi connectivity index (χ0) is 18.4. The zero-order valence-corrected chi connectivity index (χ0v) is 17.4. The summed E-state index contributed by atoms with van der Waals surface area (Å²) in [6.07, 6.45) is 3.99. The van der Waals surface area contributed by atoms with E-state index in [-0.39, 0.29) is 0 Å². The lowest BCUT2D eigenvalue weighted by atomic mass is 10.2. The summed E-state index contributed by atoms with van der Waals surface area (Å²) >= 11 is 6.80. The van der Waals surface area contributed by atoms with E-state index in [1.807, 2.05) is 22.9 Å². The van der Waals surface area contributed by atoms with Crippen LogP contribution in [0, 0.1) is 11.3 Å². The summed E-state index contributed by atoms with van der Waals surface area (Å²) < 4.78 is 2.99. The molecule has 1 aromatic carbocycles. The maximum absolute atomic E-state index is 8.91. The Bertz CT molecular complexity index is 1000. The number of hydrogen-bond donors (Lipinski definition) is 0. The van der Waals surface area contributed by atoms with Gasteiger partial charge in [-0.3, -0.25) is 4.99 Å². The van der Waals surface area contributed by atoms with Crippen LogP contribution >= 0.6 is 38.6 Å². The van der Waals surface area contributed by atoms with E-state index in [9.17, 15) is 0 Å². The fourth-order valence-corrected chi connectivity index (χ4v) is 4.56. The van der Waals surface area contributed by atoms with Crippen molar-refractivity contribution in [1.29, 1.82) is 5.26 Å². The summed E-state index contributed by atoms with van der Waals surface area (Å²) in [7, 11) is 0. The summed E-state index contributed by atoms with van der Waals surface area (Å²) in [6.45, 7) is 2.96. The Morgan fingerprint density at radius 3 is 2.69 bits per heavy atom. The van der Waals surface area contributed by atoms with E-state index in [4.69, 9.17) is 10.3 Å². The van der Waals surface area contributed by atoms with Crippen LogP contribution in [-0.4, -0.2) is 17.4 Å². The fourth-order valence-electron chi connectivity index (χ4n) is 2.24. The van der Waals surface area contributed by atoms with E-state index < -0.39 is 0 Å². The molecular formula is C19H17BrN4S2. The first kappa shape index (κ1) is 18.8. The van der Waals surface area contributed by atoms with Crippen molar-refractivity contribution >= 4 is 44.8 Å². The van der Waals surface area contributed by atoms with Crippen LogP contribution in [0.15, 0.2) is 55.7 Å². The van der Waals surface area contributed by atoms with Gasteiger partial charge in [-0.25, -0.2) is 4.68 Å². The van der Waals surface area contributed by atoms with E-state index in [0.717, 1.165) is 44.1 Å². The van der Waals surface area contributed by atoms with Crippen LogP contribution < -0.4 is 4.80 Å². The van der Waals surface area contributed by atoms with Gasteiger partial charge in [-0.1, -0.05) is 25.5 Å². The zero-order valence-electron chi connectivity index (χ0n) is 14.2. The van der Waals surface area contributed by atoms with E-state index in [2.05, 4.69) is 45.5 Å². The van der Waals surface area contributed by atoms with Gasteiger partial charge in [0.1, 0.15) is 0 Å². The predicted octanol–water partition coefficient (Wildman–Crippen LogP) is 5.50. The molecule has 2 heterocycles. The van der Waals surface area contributed by atoms with Gasteiger partial charge in [0.2, 0.25) is 4.80 Å². The number of nitriles is 1. The molecule has 0 saturated carbocycles. The second-order valence-corrected chi connectivity index (χ2v) is 8.83. The lowest BCUT2D eigenvalue weighted by Crippen LogP contribution is -2.12. The first-order valence-electron chi connectivity index (χ1n) is 8.22. The number of thiophene rings is 1. The number of nitrogens with zero attached hydrogens (tertiary/aromatic N) is 4. The van der Waals surface area contributed by atoms with Crippen LogP contribution in [0.2, 0.25) is 0 Å². The van der Waals surface area contributed by atoms with Gasteiger partial charge in [0, 0.05) is 11.9 Å². The summed E-state index contributed by atoms with van der Waals surface area (Å²) in [5.41, 5.74) is 2.62. The average Bonchev–Trinajstić information content (AvgIpc) is 3.26. The molecule has 0 fully saturated rings. The third-order valence-electron chi connectivity index (χ3n) is 3.63.